The molecule has 2 N–H and O–H groups in total. The highest BCUT2D eigenvalue weighted by Crippen LogP contribution is 2.25. The van der Waals surface area contributed by atoms with E-state index in [4.69, 9.17) is 5.11 Å². The molecule has 0 bridgehead atoms. The van der Waals surface area contributed by atoms with Crippen LogP contribution in [0.1, 0.15) is 23.0 Å². The van der Waals surface area contributed by atoms with Crippen molar-refractivity contribution in [3.05, 3.63) is 35.2 Å². The third kappa shape index (κ3) is 3.12. The van der Waals surface area contributed by atoms with Crippen LogP contribution < -0.4 is 5.32 Å². The summed E-state index contributed by atoms with van der Waals surface area (Å²) >= 11 is 1.41. The first-order valence-electron chi connectivity index (χ1n) is 6.11. The highest BCUT2D eigenvalue weighted by Gasteiger charge is 2.17. The van der Waals surface area contributed by atoms with Crippen LogP contribution in [0, 0.1) is 5.92 Å². The number of thiophene rings is 1. The Balaban J connectivity index is 2.05. The summed E-state index contributed by atoms with van der Waals surface area (Å²) in [6.07, 6.45) is 0.502. The van der Waals surface area contributed by atoms with Crippen LogP contribution in [0.4, 0.5) is 0 Å². The Labute approximate surface area is 115 Å². The number of carboxylic acids is 1. The Bertz CT molecular complexity index is 573. The Morgan fingerprint density at radius 1 is 1.37 bits per heavy atom. The van der Waals surface area contributed by atoms with E-state index < -0.39 is 11.9 Å². The predicted octanol–water partition coefficient (Wildman–Crippen LogP) is 2.74. The van der Waals surface area contributed by atoms with E-state index in [9.17, 15) is 9.59 Å². The Morgan fingerprint density at radius 2 is 2.11 bits per heavy atom. The average Bonchev–Trinajstić information content (AvgIpc) is 2.82. The number of carboxylic acid groups (broad SMARTS) is 1. The van der Waals surface area contributed by atoms with Crippen molar-refractivity contribution in [2.45, 2.75) is 13.3 Å². The van der Waals surface area contributed by atoms with Gasteiger partial charge >= 0.3 is 5.97 Å². The van der Waals surface area contributed by atoms with Crippen molar-refractivity contribution in [2.75, 3.05) is 6.54 Å². The van der Waals surface area contributed by atoms with Gasteiger partial charge in [0.05, 0.1) is 10.8 Å². The van der Waals surface area contributed by atoms with Gasteiger partial charge in [0.15, 0.2) is 0 Å². The zero-order valence-corrected chi connectivity index (χ0v) is 11.4. The van der Waals surface area contributed by atoms with Crippen LogP contribution in [0.3, 0.4) is 0 Å². The Kier molecular flexibility index (Phi) is 4.16. The molecule has 5 heteroatoms. The summed E-state index contributed by atoms with van der Waals surface area (Å²) in [5.41, 5.74) is 0. The largest absolute Gasteiger partial charge is 0.481 e. The number of aliphatic carboxylic acids is 1. The molecule has 0 spiro atoms. The van der Waals surface area contributed by atoms with Gasteiger partial charge in [0.2, 0.25) is 0 Å². The van der Waals surface area contributed by atoms with Crippen molar-refractivity contribution in [1.82, 2.24) is 5.32 Å². The number of carbonyl (C=O) groups excluding carboxylic acids is 1. The van der Waals surface area contributed by atoms with E-state index in [1.807, 2.05) is 30.3 Å². The van der Waals surface area contributed by atoms with E-state index in [0.717, 1.165) is 10.1 Å². The van der Waals surface area contributed by atoms with Gasteiger partial charge in [-0.25, -0.2) is 0 Å². The van der Waals surface area contributed by atoms with E-state index in [1.165, 1.54) is 11.3 Å². The fourth-order valence-electron chi connectivity index (χ4n) is 1.80. The van der Waals surface area contributed by atoms with Crippen LogP contribution in [-0.4, -0.2) is 23.5 Å². The summed E-state index contributed by atoms with van der Waals surface area (Å²) in [6, 6.07) is 9.60. The molecule has 1 aromatic heterocycles. The van der Waals surface area contributed by atoms with Gasteiger partial charge in [0, 0.05) is 11.2 Å². The van der Waals surface area contributed by atoms with Gasteiger partial charge in [-0.3, -0.25) is 9.59 Å². The molecule has 0 fully saturated rings. The number of fused-ring (bicyclic) bond motifs is 1. The zero-order valence-electron chi connectivity index (χ0n) is 10.6. The summed E-state index contributed by atoms with van der Waals surface area (Å²) in [5, 5.41) is 12.6. The van der Waals surface area contributed by atoms with Gasteiger partial charge in [0.25, 0.3) is 5.91 Å². The molecule has 1 amide bonds. The third-order valence-electron chi connectivity index (χ3n) is 3.00. The fourth-order valence-corrected chi connectivity index (χ4v) is 2.78. The average molecular weight is 277 g/mol. The fraction of sp³-hybridized carbons (Fsp3) is 0.286. The summed E-state index contributed by atoms with van der Waals surface area (Å²) in [5.74, 6) is -1.61. The standard InChI is InChI=1S/C14H15NO3S/c1-2-9(14(17)18)8-15-13(16)12-7-10-5-3-4-6-11(10)19-12/h3-7,9H,2,8H2,1H3,(H,15,16)(H,17,18). The Hall–Kier alpha value is -1.88. The van der Waals surface area contributed by atoms with Crippen molar-refractivity contribution in [3.63, 3.8) is 0 Å². The second-order valence-electron chi connectivity index (χ2n) is 4.30. The molecule has 0 aliphatic heterocycles. The second-order valence-corrected chi connectivity index (χ2v) is 5.39. The molecule has 0 saturated heterocycles. The molecule has 0 aliphatic carbocycles. The Morgan fingerprint density at radius 3 is 2.74 bits per heavy atom. The maximum Gasteiger partial charge on any atom is 0.308 e. The van der Waals surface area contributed by atoms with E-state index in [-0.39, 0.29) is 12.5 Å². The molecule has 4 nitrogen and oxygen atoms in total. The van der Waals surface area contributed by atoms with Crippen LogP contribution in [-0.2, 0) is 4.79 Å². The van der Waals surface area contributed by atoms with Gasteiger partial charge in [-0.1, -0.05) is 25.1 Å². The maximum atomic E-state index is 12.0. The quantitative estimate of drug-likeness (QED) is 0.883. The summed E-state index contributed by atoms with van der Waals surface area (Å²) in [4.78, 5) is 23.4. The lowest BCUT2D eigenvalue weighted by molar-refractivity contribution is -0.141. The third-order valence-corrected chi connectivity index (χ3v) is 4.12. The van der Waals surface area contributed by atoms with E-state index in [0.29, 0.717) is 11.3 Å². The zero-order chi connectivity index (χ0) is 13.8. The molecule has 100 valence electrons. The monoisotopic (exact) mass is 277 g/mol. The van der Waals surface area contributed by atoms with Gasteiger partial charge in [-0.05, 0) is 23.9 Å². The summed E-state index contributed by atoms with van der Waals surface area (Å²) in [7, 11) is 0. The van der Waals surface area contributed by atoms with Crippen molar-refractivity contribution in [1.29, 1.82) is 0 Å². The topological polar surface area (TPSA) is 66.4 Å². The van der Waals surface area contributed by atoms with E-state index in [1.54, 1.807) is 6.92 Å². The highest BCUT2D eigenvalue weighted by atomic mass is 32.1. The number of rotatable bonds is 5. The molecule has 1 aromatic carbocycles. The number of hydrogen-bond donors (Lipinski definition) is 2. The van der Waals surface area contributed by atoms with Gasteiger partial charge in [0.1, 0.15) is 0 Å². The molecular formula is C14H15NO3S. The SMILES string of the molecule is CCC(CNC(=O)c1cc2ccccc2s1)C(=O)O. The first-order chi connectivity index (χ1) is 9.11. The maximum absolute atomic E-state index is 12.0. The lowest BCUT2D eigenvalue weighted by Crippen LogP contribution is -2.32. The minimum atomic E-state index is -0.876. The van der Waals surface area contributed by atoms with Crippen LogP contribution in [0.5, 0.6) is 0 Å². The van der Waals surface area contributed by atoms with Crippen LogP contribution in [0.15, 0.2) is 30.3 Å². The molecule has 2 rings (SSSR count). The molecule has 1 unspecified atom stereocenters. The minimum absolute atomic E-state index is 0.166. The van der Waals surface area contributed by atoms with E-state index in [2.05, 4.69) is 5.32 Å². The first kappa shape index (κ1) is 13.5. The van der Waals surface area contributed by atoms with Crippen molar-refractivity contribution >= 4 is 33.3 Å². The van der Waals surface area contributed by atoms with Crippen molar-refractivity contribution in [3.8, 4) is 0 Å². The normalized spacial score (nSPS) is 12.3. The summed E-state index contributed by atoms with van der Waals surface area (Å²) in [6.45, 7) is 1.96. The molecule has 1 heterocycles. The molecule has 1 atom stereocenters. The molecule has 2 aromatic rings. The molecular weight excluding hydrogens is 262 g/mol. The van der Waals surface area contributed by atoms with Crippen molar-refractivity contribution in [2.24, 2.45) is 5.92 Å². The van der Waals surface area contributed by atoms with Gasteiger partial charge < -0.3 is 10.4 Å². The van der Waals surface area contributed by atoms with E-state index >= 15 is 0 Å². The molecule has 0 aliphatic rings. The lowest BCUT2D eigenvalue weighted by atomic mass is 10.1. The van der Waals surface area contributed by atoms with Crippen LogP contribution in [0.2, 0.25) is 0 Å². The number of carbonyl (C=O) groups is 2. The number of amides is 1. The number of nitrogens with one attached hydrogen (secondary N) is 1. The highest BCUT2D eigenvalue weighted by molar-refractivity contribution is 7.20. The summed E-state index contributed by atoms with van der Waals surface area (Å²) < 4.78 is 1.05. The minimum Gasteiger partial charge on any atom is -0.481 e. The number of benzene rings is 1. The number of hydrogen-bond acceptors (Lipinski definition) is 3. The van der Waals surface area contributed by atoms with Crippen molar-refractivity contribution < 1.29 is 14.7 Å². The van der Waals surface area contributed by atoms with Crippen LogP contribution >= 0.6 is 11.3 Å². The molecule has 0 radical (unpaired) electrons. The van der Waals surface area contributed by atoms with Gasteiger partial charge in [-0.15, -0.1) is 11.3 Å². The smallest absolute Gasteiger partial charge is 0.308 e. The molecule has 0 saturated carbocycles. The predicted molar refractivity (Wildman–Crippen MR) is 75.6 cm³/mol. The molecule has 19 heavy (non-hydrogen) atoms. The van der Waals surface area contributed by atoms with Crippen LogP contribution in [0.25, 0.3) is 10.1 Å². The first-order valence-corrected chi connectivity index (χ1v) is 6.93. The second kappa shape index (κ2) is 5.84. The van der Waals surface area contributed by atoms with Gasteiger partial charge in [-0.2, -0.15) is 0 Å². The lowest BCUT2D eigenvalue weighted by Gasteiger charge is -2.10.